The van der Waals surface area contributed by atoms with Gasteiger partial charge >= 0.3 is 0 Å². The molecule has 0 N–H and O–H groups in total. The molecule has 1 aliphatic carbocycles. The third-order valence-electron chi connectivity index (χ3n) is 2.94. The molecule has 68 valence electrons. The van der Waals surface area contributed by atoms with E-state index in [1.807, 2.05) is 4.90 Å². The summed E-state index contributed by atoms with van der Waals surface area (Å²) in [6.07, 6.45) is 4.60. The van der Waals surface area contributed by atoms with Crippen LogP contribution in [0.15, 0.2) is 0 Å². The second-order valence-electron chi connectivity index (χ2n) is 4.38. The molecular formula is C10H17NO. The van der Waals surface area contributed by atoms with E-state index in [2.05, 4.69) is 6.92 Å². The summed E-state index contributed by atoms with van der Waals surface area (Å²) in [4.78, 5) is 13.6. The van der Waals surface area contributed by atoms with Gasteiger partial charge in [0.15, 0.2) is 0 Å². The summed E-state index contributed by atoms with van der Waals surface area (Å²) < 4.78 is 0. The standard InChI is InChI=1S/C10H17NO/c1-8-4-5-11(7-8)10(12)6-9-2-3-9/h8-9H,2-7H2,1H3. The van der Waals surface area contributed by atoms with Gasteiger partial charge in [-0.2, -0.15) is 0 Å². The molecule has 1 saturated carbocycles. The average molecular weight is 167 g/mol. The lowest BCUT2D eigenvalue weighted by Crippen LogP contribution is -2.28. The minimum Gasteiger partial charge on any atom is -0.342 e. The van der Waals surface area contributed by atoms with Crippen molar-refractivity contribution >= 4 is 5.91 Å². The Kier molecular flexibility index (Phi) is 2.07. The first-order valence-corrected chi connectivity index (χ1v) is 5.03. The highest BCUT2D eigenvalue weighted by Gasteiger charge is 2.29. The van der Waals surface area contributed by atoms with Crippen LogP contribution in [0, 0.1) is 11.8 Å². The van der Waals surface area contributed by atoms with Crippen molar-refractivity contribution in [2.75, 3.05) is 13.1 Å². The zero-order valence-corrected chi connectivity index (χ0v) is 7.75. The Morgan fingerprint density at radius 3 is 2.67 bits per heavy atom. The number of nitrogens with zero attached hydrogens (tertiary/aromatic N) is 1. The number of likely N-dealkylation sites (tertiary alicyclic amines) is 1. The van der Waals surface area contributed by atoms with Gasteiger partial charge in [-0.15, -0.1) is 0 Å². The van der Waals surface area contributed by atoms with E-state index in [0.29, 0.717) is 5.91 Å². The van der Waals surface area contributed by atoms with Crippen LogP contribution in [0.5, 0.6) is 0 Å². The predicted molar refractivity (Wildman–Crippen MR) is 47.7 cm³/mol. The zero-order chi connectivity index (χ0) is 8.55. The van der Waals surface area contributed by atoms with Crippen LogP contribution in [-0.4, -0.2) is 23.9 Å². The second-order valence-corrected chi connectivity index (χ2v) is 4.38. The van der Waals surface area contributed by atoms with Crippen molar-refractivity contribution in [3.8, 4) is 0 Å². The molecule has 2 heteroatoms. The number of amides is 1. The number of carbonyl (C=O) groups is 1. The first-order chi connectivity index (χ1) is 5.75. The molecule has 0 spiro atoms. The average Bonchev–Trinajstić information content (AvgIpc) is 2.72. The van der Waals surface area contributed by atoms with E-state index in [4.69, 9.17) is 0 Å². The monoisotopic (exact) mass is 167 g/mol. The van der Waals surface area contributed by atoms with Crippen molar-refractivity contribution < 1.29 is 4.79 Å². The molecule has 2 rings (SSSR count). The van der Waals surface area contributed by atoms with Gasteiger partial charge in [0.05, 0.1) is 0 Å². The van der Waals surface area contributed by atoms with Gasteiger partial charge in [0.2, 0.25) is 5.91 Å². The van der Waals surface area contributed by atoms with Crippen molar-refractivity contribution in [3.05, 3.63) is 0 Å². The SMILES string of the molecule is CC1CCN(C(=O)CC2CC2)C1. The van der Waals surface area contributed by atoms with Crippen LogP contribution in [0.1, 0.15) is 32.6 Å². The van der Waals surface area contributed by atoms with Crippen LogP contribution >= 0.6 is 0 Å². The fourth-order valence-corrected chi connectivity index (χ4v) is 1.86. The summed E-state index contributed by atoms with van der Waals surface area (Å²) in [5.74, 6) is 1.88. The van der Waals surface area contributed by atoms with E-state index in [1.165, 1.54) is 19.3 Å². The maximum atomic E-state index is 11.6. The van der Waals surface area contributed by atoms with Gasteiger partial charge in [-0.05, 0) is 31.1 Å². The third-order valence-corrected chi connectivity index (χ3v) is 2.94. The van der Waals surface area contributed by atoms with Crippen molar-refractivity contribution in [2.45, 2.75) is 32.6 Å². The van der Waals surface area contributed by atoms with Crippen LogP contribution in [-0.2, 0) is 4.79 Å². The van der Waals surface area contributed by atoms with Crippen LogP contribution in [0.25, 0.3) is 0 Å². The highest BCUT2D eigenvalue weighted by Crippen LogP contribution is 2.33. The minimum absolute atomic E-state index is 0.404. The fraction of sp³-hybridized carbons (Fsp3) is 0.900. The smallest absolute Gasteiger partial charge is 0.222 e. The Morgan fingerprint density at radius 2 is 2.17 bits per heavy atom. The molecule has 1 heterocycles. The lowest BCUT2D eigenvalue weighted by molar-refractivity contribution is -0.130. The predicted octanol–water partition coefficient (Wildman–Crippen LogP) is 1.65. The van der Waals surface area contributed by atoms with Gasteiger partial charge in [0.25, 0.3) is 0 Å². The largest absolute Gasteiger partial charge is 0.342 e. The number of rotatable bonds is 2. The van der Waals surface area contributed by atoms with Crippen LogP contribution in [0.3, 0.4) is 0 Å². The molecular weight excluding hydrogens is 150 g/mol. The molecule has 0 radical (unpaired) electrons. The zero-order valence-electron chi connectivity index (χ0n) is 7.75. The Labute approximate surface area is 73.9 Å². The lowest BCUT2D eigenvalue weighted by atomic mass is 10.2. The van der Waals surface area contributed by atoms with Crippen LogP contribution in [0.2, 0.25) is 0 Å². The van der Waals surface area contributed by atoms with Gasteiger partial charge in [-0.1, -0.05) is 6.92 Å². The number of hydrogen-bond donors (Lipinski definition) is 0. The summed E-state index contributed by atoms with van der Waals surface area (Å²) in [5, 5.41) is 0. The molecule has 0 aromatic rings. The first kappa shape index (κ1) is 8.09. The van der Waals surface area contributed by atoms with E-state index < -0.39 is 0 Å². The molecule has 1 aliphatic heterocycles. The summed E-state index contributed by atoms with van der Waals surface area (Å²) in [6.45, 7) is 4.24. The van der Waals surface area contributed by atoms with Crippen LogP contribution in [0.4, 0.5) is 0 Å². The van der Waals surface area contributed by atoms with E-state index in [-0.39, 0.29) is 0 Å². The molecule has 2 nitrogen and oxygen atoms in total. The van der Waals surface area contributed by atoms with E-state index in [0.717, 1.165) is 31.3 Å². The highest BCUT2D eigenvalue weighted by atomic mass is 16.2. The molecule has 12 heavy (non-hydrogen) atoms. The third kappa shape index (κ3) is 1.79. The van der Waals surface area contributed by atoms with Gasteiger partial charge in [-0.25, -0.2) is 0 Å². The Bertz CT molecular complexity index is 186. The van der Waals surface area contributed by atoms with E-state index in [9.17, 15) is 4.79 Å². The Morgan fingerprint density at radius 1 is 1.42 bits per heavy atom. The molecule has 1 saturated heterocycles. The lowest BCUT2D eigenvalue weighted by Gasteiger charge is -2.15. The van der Waals surface area contributed by atoms with E-state index >= 15 is 0 Å². The maximum absolute atomic E-state index is 11.6. The van der Waals surface area contributed by atoms with Gasteiger partial charge in [0.1, 0.15) is 0 Å². The molecule has 2 fully saturated rings. The second kappa shape index (κ2) is 3.08. The summed E-state index contributed by atoms with van der Waals surface area (Å²) >= 11 is 0. The van der Waals surface area contributed by atoms with Gasteiger partial charge in [0, 0.05) is 19.5 Å². The molecule has 0 aromatic heterocycles. The summed E-state index contributed by atoms with van der Waals surface area (Å²) in [5.41, 5.74) is 0. The van der Waals surface area contributed by atoms with Crippen LogP contribution < -0.4 is 0 Å². The van der Waals surface area contributed by atoms with Crippen molar-refractivity contribution in [3.63, 3.8) is 0 Å². The molecule has 0 bridgehead atoms. The minimum atomic E-state index is 0.404. The maximum Gasteiger partial charge on any atom is 0.222 e. The highest BCUT2D eigenvalue weighted by molar-refractivity contribution is 5.77. The van der Waals surface area contributed by atoms with Gasteiger partial charge < -0.3 is 4.90 Å². The quantitative estimate of drug-likeness (QED) is 0.612. The van der Waals surface area contributed by atoms with Crippen molar-refractivity contribution in [1.82, 2.24) is 4.90 Å². The number of carbonyl (C=O) groups excluding carboxylic acids is 1. The normalized spacial score (nSPS) is 29.4. The van der Waals surface area contributed by atoms with Crippen molar-refractivity contribution in [1.29, 1.82) is 0 Å². The molecule has 1 atom stereocenters. The number of hydrogen-bond acceptors (Lipinski definition) is 1. The van der Waals surface area contributed by atoms with Gasteiger partial charge in [-0.3, -0.25) is 4.79 Å². The topological polar surface area (TPSA) is 20.3 Å². The first-order valence-electron chi connectivity index (χ1n) is 5.03. The summed E-state index contributed by atoms with van der Waals surface area (Å²) in [6, 6.07) is 0. The molecule has 2 aliphatic rings. The molecule has 1 unspecified atom stereocenters. The molecule has 0 aromatic carbocycles. The Balaban J connectivity index is 1.79. The summed E-state index contributed by atoms with van der Waals surface area (Å²) in [7, 11) is 0. The molecule has 1 amide bonds. The Hall–Kier alpha value is -0.530. The fourth-order valence-electron chi connectivity index (χ4n) is 1.86. The van der Waals surface area contributed by atoms with Crippen molar-refractivity contribution in [2.24, 2.45) is 11.8 Å². The van der Waals surface area contributed by atoms with E-state index in [1.54, 1.807) is 0 Å².